The van der Waals surface area contributed by atoms with Crippen molar-refractivity contribution in [3.63, 3.8) is 0 Å². The SMILES string of the molecule is CC1(c2cccc(F)c2)CC1N.Cl. The Hall–Kier alpha value is -0.600. The third kappa shape index (κ3) is 1.69. The molecule has 1 aliphatic rings. The zero-order valence-corrected chi connectivity index (χ0v) is 8.27. The molecule has 72 valence electrons. The molecule has 0 radical (unpaired) electrons. The minimum absolute atomic E-state index is 0. The molecule has 0 heterocycles. The minimum atomic E-state index is -0.173. The lowest BCUT2D eigenvalue weighted by molar-refractivity contribution is 0.619. The van der Waals surface area contributed by atoms with Gasteiger partial charge in [0.15, 0.2) is 0 Å². The van der Waals surface area contributed by atoms with Crippen LogP contribution in [0.3, 0.4) is 0 Å². The first kappa shape index (κ1) is 10.5. The standard InChI is InChI=1S/C10H12FN.ClH/c1-10(6-9(10)12)7-3-2-4-8(11)5-7;/h2-5,9H,6,12H2,1H3;1H. The summed E-state index contributed by atoms with van der Waals surface area (Å²) in [4.78, 5) is 0. The van der Waals surface area contributed by atoms with Crippen molar-refractivity contribution in [2.75, 3.05) is 0 Å². The van der Waals surface area contributed by atoms with E-state index in [4.69, 9.17) is 5.73 Å². The molecule has 1 aliphatic carbocycles. The molecule has 1 nitrogen and oxygen atoms in total. The van der Waals surface area contributed by atoms with E-state index >= 15 is 0 Å². The molecule has 0 amide bonds. The van der Waals surface area contributed by atoms with Crippen molar-refractivity contribution in [3.8, 4) is 0 Å². The van der Waals surface area contributed by atoms with Gasteiger partial charge in [-0.1, -0.05) is 19.1 Å². The van der Waals surface area contributed by atoms with Gasteiger partial charge in [0, 0.05) is 11.5 Å². The first-order valence-electron chi connectivity index (χ1n) is 4.14. The van der Waals surface area contributed by atoms with Crippen LogP contribution in [0.25, 0.3) is 0 Å². The Bertz CT molecular complexity index is 316. The molecule has 2 atom stereocenters. The highest BCUT2D eigenvalue weighted by Crippen LogP contribution is 2.46. The Morgan fingerprint density at radius 1 is 1.54 bits per heavy atom. The van der Waals surface area contributed by atoms with E-state index in [2.05, 4.69) is 6.92 Å². The summed E-state index contributed by atoms with van der Waals surface area (Å²) in [5.74, 6) is -0.173. The smallest absolute Gasteiger partial charge is 0.123 e. The second kappa shape index (κ2) is 3.28. The molecule has 1 aromatic carbocycles. The lowest BCUT2D eigenvalue weighted by Gasteiger charge is -2.09. The van der Waals surface area contributed by atoms with Gasteiger partial charge in [0.2, 0.25) is 0 Å². The van der Waals surface area contributed by atoms with Gasteiger partial charge in [-0.05, 0) is 24.1 Å². The monoisotopic (exact) mass is 201 g/mol. The quantitative estimate of drug-likeness (QED) is 0.741. The van der Waals surface area contributed by atoms with Crippen LogP contribution in [0.15, 0.2) is 24.3 Å². The zero-order chi connectivity index (χ0) is 8.77. The van der Waals surface area contributed by atoms with Gasteiger partial charge in [0.25, 0.3) is 0 Å². The van der Waals surface area contributed by atoms with E-state index in [9.17, 15) is 4.39 Å². The first-order chi connectivity index (χ1) is 5.63. The van der Waals surface area contributed by atoms with Crippen LogP contribution in [0.1, 0.15) is 18.9 Å². The Kier molecular flexibility index (Phi) is 2.64. The summed E-state index contributed by atoms with van der Waals surface area (Å²) in [5, 5.41) is 0. The molecule has 1 aromatic rings. The molecule has 2 unspecified atom stereocenters. The van der Waals surface area contributed by atoms with Crippen LogP contribution in [0.4, 0.5) is 4.39 Å². The number of nitrogens with two attached hydrogens (primary N) is 1. The molecule has 0 spiro atoms. The Balaban J connectivity index is 0.000000845. The van der Waals surface area contributed by atoms with Crippen molar-refractivity contribution in [2.45, 2.75) is 24.8 Å². The molecule has 3 heteroatoms. The number of hydrogen-bond acceptors (Lipinski definition) is 1. The molecule has 0 aliphatic heterocycles. The molecule has 2 N–H and O–H groups in total. The van der Waals surface area contributed by atoms with E-state index in [1.54, 1.807) is 12.1 Å². The summed E-state index contributed by atoms with van der Waals surface area (Å²) in [6.45, 7) is 2.08. The van der Waals surface area contributed by atoms with Crippen LogP contribution >= 0.6 is 12.4 Å². The maximum Gasteiger partial charge on any atom is 0.123 e. The van der Waals surface area contributed by atoms with Crippen molar-refractivity contribution in [1.29, 1.82) is 0 Å². The van der Waals surface area contributed by atoms with Crippen molar-refractivity contribution in [1.82, 2.24) is 0 Å². The van der Waals surface area contributed by atoms with Crippen molar-refractivity contribution in [2.24, 2.45) is 5.73 Å². The fourth-order valence-electron chi connectivity index (χ4n) is 1.57. The lowest BCUT2D eigenvalue weighted by Crippen LogP contribution is -2.14. The minimum Gasteiger partial charge on any atom is -0.327 e. The van der Waals surface area contributed by atoms with Gasteiger partial charge < -0.3 is 5.73 Å². The summed E-state index contributed by atoms with van der Waals surface area (Å²) >= 11 is 0. The maximum atomic E-state index is 12.8. The molecule has 13 heavy (non-hydrogen) atoms. The predicted molar refractivity (Wildman–Crippen MR) is 53.6 cm³/mol. The first-order valence-corrected chi connectivity index (χ1v) is 4.14. The molecule has 1 fully saturated rings. The second-order valence-electron chi connectivity index (χ2n) is 3.74. The maximum absolute atomic E-state index is 12.8. The summed E-state index contributed by atoms with van der Waals surface area (Å²) < 4.78 is 12.8. The van der Waals surface area contributed by atoms with E-state index < -0.39 is 0 Å². The average Bonchev–Trinajstić information content (AvgIpc) is 2.61. The van der Waals surface area contributed by atoms with Crippen LogP contribution in [-0.4, -0.2) is 6.04 Å². The third-order valence-corrected chi connectivity index (χ3v) is 2.79. The number of benzene rings is 1. The Morgan fingerprint density at radius 3 is 2.62 bits per heavy atom. The van der Waals surface area contributed by atoms with E-state index in [-0.39, 0.29) is 29.7 Å². The highest BCUT2D eigenvalue weighted by atomic mass is 35.5. The van der Waals surface area contributed by atoms with Crippen molar-refractivity contribution >= 4 is 12.4 Å². The van der Waals surface area contributed by atoms with E-state index in [1.165, 1.54) is 6.07 Å². The Labute approximate surface area is 83.5 Å². The van der Waals surface area contributed by atoms with Gasteiger partial charge in [0.1, 0.15) is 5.82 Å². The molecule has 1 saturated carbocycles. The van der Waals surface area contributed by atoms with Gasteiger partial charge in [-0.2, -0.15) is 0 Å². The fourth-order valence-corrected chi connectivity index (χ4v) is 1.57. The largest absolute Gasteiger partial charge is 0.327 e. The predicted octanol–water partition coefficient (Wildman–Crippen LogP) is 2.24. The summed E-state index contributed by atoms with van der Waals surface area (Å²) in [7, 11) is 0. The highest BCUT2D eigenvalue weighted by molar-refractivity contribution is 5.85. The second-order valence-corrected chi connectivity index (χ2v) is 3.74. The lowest BCUT2D eigenvalue weighted by atomic mass is 9.97. The van der Waals surface area contributed by atoms with Gasteiger partial charge in [-0.3, -0.25) is 0 Å². The summed E-state index contributed by atoms with van der Waals surface area (Å²) in [6.07, 6.45) is 0.969. The van der Waals surface area contributed by atoms with E-state index in [0.717, 1.165) is 12.0 Å². The topological polar surface area (TPSA) is 26.0 Å². The number of halogens is 2. The van der Waals surface area contributed by atoms with Crippen LogP contribution in [-0.2, 0) is 5.41 Å². The molecular weight excluding hydrogens is 189 g/mol. The van der Waals surface area contributed by atoms with Crippen molar-refractivity contribution < 1.29 is 4.39 Å². The van der Waals surface area contributed by atoms with Gasteiger partial charge in [-0.15, -0.1) is 12.4 Å². The number of rotatable bonds is 1. The third-order valence-electron chi connectivity index (χ3n) is 2.79. The molecule has 0 saturated heterocycles. The van der Waals surface area contributed by atoms with Crippen LogP contribution in [0.5, 0.6) is 0 Å². The molecule has 0 aromatic heterocycles. The van der Waals surface area contributed by atoms with Gasteiger partial charge in [-0.25, -0.2) is 4.39 Å². The Morgan fingerprint density at radius 2 is 2.15 bits per heavy atom. The van der Waals surface area contributed by atoms with Gasteiger partial charge >= 0.3 is 0 Å². The van der Waals surface area contributed by atoms with E-state index in [1.807, 2.05) is 6.07 Å². The van der Waals surface area contributed by atoms with Gasteiger partial charge in [0.05, 0.1) is 0 Å². The zero-order valence-electron chi connectivity index (χ0n) is 7.46. The summed E-state index contributed by atoms with van der Waals surface area (Å²) in [6, 6.07) is 6.92. The molecular formula is C10H13ClFN. The number of hydrogen-bond donors (Lipinski definition) is 1. The van der Waals surface area contributed by atoms with E-state index in [0.29, 0.717) is 0 Å². The van der Waals surface area contributed by atoms with Crippen molar-refractivity contribution in [3.05, 3.63) is 35.6 Å². The van der Waals surface area contributed by atoms with Crippen LogP contribution < -0.4 is 5.73 Å². The fraction of sp³-hybridized carbons (Fsp3) is 0.400. The highest BCUT2D eigenvalue weighted by Gasteiger charge is 2.48. The summed E-state index contributed by atoms with van der Waals surface area (Å²) in [5.41, 5.74) is 6.81. The average molecular weight is 202 g/mol. The molecule has 0 bridgehead atoms. The molecule has 2 rings (SSSR count). The normalized spacial score (nSPS) is 30.8. The van der Waals surface area contributed by atoms with Crippen LogP contribution in [0, 0.1) is 5.82 Å². The van der Waals surface area contributed by atoms with Crippen LogP contribution in [0.2, 0.25) is 0 Å².